The SMILES string of the molecule is c1cnnc(N2CCCC3(CCSC3)C2)c1. The smallest absolute Gasteiger partial charge is 0.151 e. The first-order chi connectivity index (χ1) is 7.88. The van der Waals surface area contributed by atoms with E-state index in [2.05, 4.69) is 32.9 Å². The van der Waals surface area contributed by atoms with E-state index in [0.29, 0.717) is 5.41 Å². The largest absolute Gasteiger partial charge is 0.355 e. The molecule has 0 bridgehead atoms. The summed E-state index contributed by atoms with van der Waals surface area (Å²) in [4.78, 5) is 2.42. The van der Waals surface area contributed by atoms with Gasteiger partial charge in [0.25, 0.3) is 0 Å². The lowest BCUT2D eigenvalue weighted by molar-refractivity contribution is 0.270. The van der Waals surface area contributed by atoms with Crippen LogP contribution in [-0.2, 0) is 0 Å². The lowest BCUT2D eigenvalue weighted by Crippen LogP contribution is -2.43. The van der Waals surface area contributed by atoms with Gasteiger partial charge in [0.1, 0.15) is 0 Å². The molecule has 3 nitrogen and oxygen atoms in total. The Morgan fingerprint density at radius 3 is 3.12 bits per heavy atom. The number of thioether (sulfide) groups is 1. The Morgan fingerprint density at radius 2 is 2.38 bits per heavy atom. The summed E-state index contributed by atoms with van der Waals surface area (Å²) in [6.07, 6.45) is 5.83. The molecule has 0 aromatic carbocycles. The Balaban J connectivity index is 1.77. The predicted molar refractivity (Wildman–Crippen MR) is 67.9 cm³/mol. The topological polar surface area (TPSA) is 29.0 Å². The van der Waals surface area contributed by atoms with Gasteiger partial charge in [-0.2, -0.15) is 16.9 Å². The zero-order valence-corrected chi connectivity index (χ0v) is 10.2. The second kappa shape index (κ2) is 4.24. The van der Waals surface area contributed by atoms with Gasteiger partial charge in [-0.3, -0.25) is 0 Å². The third kappa shape index (κ3) is 1.90. The third-order valence-corrected chi connectivity index (χ3v) is 5.04. The third-order valence-electron chi connectivity index (χ3n) is 3.73. The van der Waals surface area contributed by atoms with Crippen LogP contribution in [0.4, 0.5) is 5.82 Å². The first-order valence-electron chi connectivity index (χ1n) is 5.98. The molecule has 0 amide bonds. The monoisotopic (exact) mass is 235 g/mol. The zero-order valence-electron chi connectivity index (χ0n) is 9.43. The highest BCUT2D eigenvalue weighted by atomic mass is 32.2. The summed E-state index contributed by atoms with van der Waals surface area (Å²) in [6, 6.07) is 4.06. The van der Waals surface area contributed by atoms with Gasteiger partial charge in [-0.25, -0.2) is 0 Å². The van der Waals surface area contributed by atoms with Crippen molar-refractivity contribution in [3.63, 3.8) is 0 Å². The van der Waals surface area contributed by atoms with E-state index < -0.39 is 0 Å². The highest BCUT2D eigenvalue weighted by Gasteiger charge is 2.38. The minimum Gasteiger partial charge on any atom is -0.355 e. The van der Waals surface area contributed by atoms with Crippen LogP contribution < -0.4 is 4.90 Å². The molecule has 1 aromatic heterocycles. The molecule has 1 atom stereocenters. The van der Waals surface area contributed by atoms with E-state index >= 15 is 0 Å². The van der Waals surface area contributed by atoms with E-state index in [4.69, 9.17) is 0 Å². The molecule has 0 saturated carbocycles. The summed E-state index contributed by atoms with van der Waals surface area (Å²) in [7, 11) is 0. The van der Waals surface area contributed by atoms with Crippen molar-refractivity contribution in [2.75, 3.05) is 29.5 Å². The van der Waals surface area contributed by atoms with E-state index in [9.17, 15) is 0 Å². The average Bonchev–Trinajstić information content (AvgIpc) is 2.78. The molecule has 0 N–H and O–H groups in total. The van der Waals surface area contributed by atoms with Crippen molar-refractivity contribution in [3.05, 3.63) is 18.3 Å². The lowest BCUT2D eigenvalue weighted by atomic mass is 9.79. The van der Waals surface area contributed by atoms with Gasteiger partial charge >= 0.3 is 0 Å². The van der Waals surface area contributed by atoms with Crippen molar-refractivity contribution in [2.45, 2.75) is 19.3 Å². The number of anilines is 1. The van der Waals surface area contributed by atoms with E-state index in [1.54, 1.807) is 6.20 Å². The maximum absolute atomic E-state index is 4.23. The number of hydrogen-bond donors (Lipinski definition) is 0. The maximum atomic E-state index is 4.23. The maximum Gasteiger partial charge on any atom is 0.151 e. The number of piperidine rings is 1. The van der Waals surface area contributed by atoms with E-state index in [0.717, 1.165) is 12.4 Å². The number of hydrogen-bond acceptors (Lipinski definition) is 4. The summed E-state index contributed by atoms with van der Waals surface area (Å²) in [5, 5.41) is 8.20. The molecule has 2 aliphatic rings. The minimum absolute atomic E-state index is 0.570. The van der Waals surface area contributed by atoms with Crippen LogP contribution in [0.15, 0.2) is 18.3 Å². The predicted octanol–water partition coefficient (Wildman–Crippen LogP) is 2.20. The van der Waals surface area contributed by atoms with Crippen molar-refractivity contribution in [2.24, 2.45) is 5.41 Å². The van der Waals surface area contributed by atoms with E-state index in [1.807, 2.05) is 6.07 Å². The van der Waals surface area contributed by atoms with Gasteiger partial charge in [0.05, 0.1) is 0 Å². The molecule has 4 heteroatoms. The Hall–Kier alpha value is -0.770. The molecule has 2 saturated heterocycles. The summed E-state index contributed by atoms with van der Waals surface area (Å²) in [5.74, 6) is 3.73. The zero-order chi connectivity index (χ0) is 10.8. The second-order valence-corrected chi connectivity index (χ2v) is 6.01. The van der Waals surface area contributed by atoms with Gasteiger partial charge in [0.2, 0.25) is 0 Å². The fourth-order valence-electron chi connectivity index (χ4n) is 2.84. The van der Waals surface area contributed by atoms with Crippen LogP contribution in [0.3, 0.4) is 0 Å². The van der Waals surface area contributed by atoms with Gasteiger partial charge in [0, 0.05) is 25.0 Å². The van der Waals surface area contributed by atoms with Crippen molar-refractivity contribution < 1.29 is 0 Å². The standard InChI is InChI=1S/C12H17N3S/c1-3-11(14-13-6-1)15-7-2-4-12(9-15)5-8-16-10-12/h1,3,6H,2,4-5,7-10H2. The molecular weight excluding hydrogens is 218 g/mol. The van der Waals surface area contributed by atoms with Crippen LogP contribution in [0, 0.1) is 5.41 Å². The molecule has 3 rings (SSSR count). The Morgan fingerprint density at radius 1 is 1.38 bits per heavy atom. The number of aromatic nitrogens is 2. The van der Waals surface area contributed by atoms with E-state index in [1.165, 1.54) is 37.3 Å². The van der Waals surface area contributed by atoms with Crippen LogP contribution in [0.1, 0.15) is 19.3 Å². The Kier molecular flexibility index (Phi) is 2.75. The van der Waals surface area contributed by atoms with Gasteiger partial charge in [-0.1, -0.05) is 0 Å². The quantitative estimate of drug-likeness (QED) is 0.746. The van der Waals surface area contributed by atoms with Gasteiger partial charge in [-0.05, 0) is 42.6 Å². The Labute approximate surface area is 101 Å². The summed E-state index contributed by atoms with van der Waals surface area (Å²) in [5.41, 5.74) is 0.570. The van der Waals surface area contributed by atoms with Crippen molar-refractivity contribution in [1.82, 2.24) is 10.2 Å². The van der Waals surface area contributed by atoms with Crippen molar-refractivity contribution in [1.29, 1.82) is 0 Å². The van der Waals surface area contributed by atoms with Gasteiger partial charge < -0.3 is 4.90 Å². The summed E-state index contributed by atoms with van der Waals surface area (Å²) < 4.78 is 0. The molecule has 16 heavy (non-hydrogen) atoms. The highest BCUT2D eigenvalue weighted by Crippen LogP contribution is 2.43. The molecular formula is C12H17N3S. The summed E-state index contributed by atoms with van der Waals surface area (Å²) in [6.45, 7) is 2.32. The number of rotatable bonds is 1. The van der Waals surface area contributed by atoms with E-state index in [-0.39, 0.29) is 0 Å². The molecule has 0 radical (unpaired) electrons. The lowest BCUT2D eigenvalue weighted by Gasteiger charge is -2.40. The van der Waals surface area contributed by atoms with Crippen LogP contribution in [0.2, 0.25) is 0 Å². The molecule has 86 valence electrons. The van der Waals surface area contributed by atoms with Crippen molar-refractivity contribution >= 4 is 17.6 Å². The van der Waals surface area contributed by atoms with Crippen LogP contribution >= 0.6 is 11.8 Å². The van der Waals surface area contributed by atoms with Crippen molar-refractivity contribution in [3.8, 4) is 0 Å². The molecule has 1 aromatic rings. The molecule has 1 spiro atoms. The van der Waals surface area contributed by atoms with Crippen LogP contribution in [0.25, 0.3) is 0 Å². The molecule has 2 fully saturated rings. The highest BCUT2D eigenvalue weighted by molar-refractivity contribution is 7.99. The van der Waals surface area contributed by atoms with Crippen LogP contribution in [0.5, 0.6) is 0 Å². The molecule has 1 unspecified atom stereocenters. The Bertz CT molecular complexity index is 349. The number of nitrogens with zero attached hydrogens (tertiary/aromatic N) is 3. The fraction of sp³-hybridized carbons (Fsp3) is 0.667. The van der Waals surface area contributed by atoms with Gasteiger partial charge in [-0.15, -0.1) is 5.10 Å². The first kappa shape index (κ1) is 10.4. The fourth-order valence-corrected chi connectivity index (χ4v) is 4.37. The minimum atomic E-state index is 0.570. The van der Waals surface area contributed by atoms with Crippen LogP contribution in [-0.4, -0.2) is 34.8 Å². The normalized spacial score (nSPS) is 29.9. The molecule has 3 heterocycles. The average molecular weight is 235 g/mol. The summed E-state index contributed by atoms with van der Waals surface area (Å²) >= 11 is 2.11. The second-order valence-electron chi connectivity index (χ2n) is 4.91. The molecule has 0 aliphatic carbocycles. The molecule has 2 aliphatic heterocycles. The first-order valence-corrected chi connectivity index (χ1v) is 7.14. The van der Waals surface area contributed by atoms with Gasteiger partial charge in [0.15, 0.2) is 5.82 Å².